The Hall–Kier alpha value is -1.66. The van der Waals surface area contributed by atoms with E-state index in [1.165, 1.54) is 0 Å². The van der Waals surface area contributed by atoms with Crippen LogP contribution in [0.1, 0.15) is 24.9 Å². The number of nitrogens with zero attached hydrogens (tertiary/aromatic N) is 5. The molecule has 0 aromatic carbocycles. The van der Waals surface area contributed by atoms with Crippen LogP contribution in [0.5, 0.6) is 0 Å². The second-order valence-corrected chi connectivity index (χ2v) is 6.70. The number of nitrogens with one attached hydrogen (secondary N) is 2. The highest BCUT2D eigenvalue weighted by molar-refractivity contribution is 14.0. The number of hydrogen-bond donors (Lipinski definition) is 2. The number of morpholine rings is 1. The van der Waals surface area contributed by atoms with Crippen molar-refractivity contribution in [3.05, 3.63) is 36.3 Å². The van der Waals surface area contributed by atoms with E-state index in [-0.39, 0.29) is 24.0 Å². The second-order valence-electron chi connectivity index (χ2n) is 6.70. The number of aromatic nitrogens is 3. The Bertz CT molecular complexity index is 699. The minimum atomic E-state index is 0. The van der Waals surface area contributed by atoms with Crippen molar-refractivity contribution in [2.75, 3.05) is 45.9 Å². The summed E-state index contributed by atoms with van der Waals surface area (Å²) in [5.41, 5.74) is 0. The van der Waals surface area contributed by atoms with Gasteiger partial charge in [0.2, 0.25) is 0 Å². The maximum Gasteiger partial charge on any atom is 0.191 e. The van der Waals surface area contributed by atoms with Crippen LogP contribution in [0.15, 0.2) is 34.1 Å². The van der Waals surface area contributed by atoms with Crippen LogP contribution >= 0.6 is 24.0 Å². The van der Waals surface area contributed by atoms with Crippen molar-refractivity contribution in [1.82, 2.24) is 30.3 Å². The first kappa shape index (κ1) is 23.6. The van der Waals surface area contributed by atoms with Crippen LogP contribution in [0, 0.1) is 0 Å². The molecule has 0 saturated carbocycles. The number of hydrogen-bond acceptors (Lipinski definition) is 6. The van der Waals surface area contributed by atoms with Crippen molar-refractivity contribution in [2.24, 2.45) is 4.99 Å². The number of guanidine groups is 1. The average molecular weight is 517 g/mol. The molecule has 2 aromatic heterocycles. The Kier molecular flexibility index (Phi) is 11.0. The molecule has 0 amide bonds. The Morgan fingerprint density at radius 3 is 2.79 bits per heavy atom. The topological polar surface area (TPSA) is 92.7 Å². The largest absolute Gasteiger partial charge is 0.467 e. The summed E-state index contributed by atoms with van der Waals surface area (Å²) >= 11 is 0. The Balaban J connectivity index is 0.00000300. The van der Waals surface area contributed by atoms with Gasteiger partial charge >= 0.3 is 0 Å². The molecule has 1 saturated heterocycles. The van der Waals surface area contributed by atoms with E-state index in [0.717, 1.165) is 82.9 Å². The molecule has 0 radical (unpaired) electrons. The maximum atomic E-state index is 5.40. The normalized spacial score (nSPS) is 15.1. The van der Waals surface area contributed by atoms with Crippen LogP contribution in [0.2, 0.25) is 0 Å². The van der Waals surface area contributed by atoms with E-state index in [1.54, 1.807) is 12.6 Å². The van der Waals surface area contributed by atoms with Crippen molar-refractivity contribution < 1.29 is 9.15 Å². The first-order chi connectivity index (χ1) is 13.8. The van der Waals surface area contributed by atoms with Gasteiger partial charge in [0.15, 0.2) is 5.96 Å². The molecule has 1 fully saturated rings. The van der Waals surface area contributed by atoms with E-state index in [9.17, 15) is 0 Å². The van der Waals surface area contributed by atoms with E-state index in [1.807, 2.05) is 12.1 Å². The van der Waals surface area contributed by atoms with Gasteiger partial charge in [0.1, 0.15) is 24.5 Å². The van der Waals surface area contributed by atoms with Gasteiger partial charge in [0, 0.05) is 39.1 Å². The van der Waals surface area contributed by atoms with Crippen molar-refractivity contribution in [2.45, 2.75) is 32.9 Å². The summed E-state index contributed by atoms with van der Waals surface area (Å²) in [5, 5.41) is 14.9. The Morgan fingerprint density at radius 1 is 1.21 bits per heavy atom. The van der Waals surface area contributed by atoms with Crippen LogP contribution in [0.4, 0.5) is 0 Å². The predicted molar refractivity (Wildman–Crippen MR) is 123 cm³/mol. The molecular formula is C19H32IN7O2. The summed E-state index contributed by atoms with van der Waals surface area (Å²) in [4.78, 5) is 7.08. The van der Waals surface area contributed by atoms with Crippen LogP contribution < -0.4 is 10.6 Å². The zero-order chi connectivity index (χ0) is 19.4. The van der Waals surface area contributed by atoms with Crippen molar-refractivity contribution >= 4 is 29.9 Å². The lowest BCUT2D eigenvalue weighted by Gasteiger charge is -2.26. The lowest BCUT2D eigenvalue weighted by Crippen LogP contribution is -2.41. The summed E-state index contributed by atoms with van der Waals surface area (Å²) in [7, 11) is 0. The fourth-order valence-corrected chi connectivity index (χ4v) is 3.10. The number of furan rings is 1. The van der Waals surface area contributed by atoms with Gasteiger partial charge in [-0.15, -0.1) is 34.2 Å². The molecule has 0 aliphatic carbocycles. The third-order valence-electron chi connectivity index (χ3n) is 4.68. The van der Waals surface area contributed by atoms with E-state index < -0.39 is 0 Å². The maximum absolute atomic E-state index is 5.40. The predicted octanol–water partition coefficient (Wildman–Crippen LogP) is 1.51. The SMILES string of the molecule is CCc1nncn1CCNC(=NCc1ccco1)NCCCN1CCOCC1.I. The molecule has 0 unspecified atom stereocenters. The summed E-state index contributed by atoms with van der Waals surface area (Å²) in [5.74, 6) is 2.64. The van der Waals surface area contributed by atoms with Gasteiger partial charge < -0.3 is 24.4 Å². The van der Waals surface area contributed by atoms with Crippen LogP contribution in [0.3, 0.4) is 0 Å². The molecule has 162 valence electrons. The molecule has 0 atom stereocenters. The van der Waals surface area contributed by atoms with Crippen molar-refractivity contribution in [3.63, 3.8) is 0 Å². The number of rotatable bonds is 10. The molecule has 1 aliphatic heterocycles. The quantitative estimate of drug-likeness (QED) is 0.214. The van der Waals surface area contributed by atoms with Crippen LogP contribution in [-0.4, -0.2) is 71.6 Å². The van der Waals surface area contributed by atoms with E-state index >= 15 is 0 Å². The second kappa shape index (κ2) is 13.5. The standard InChI is InChI=1S/C19H31N7O2.HI/c1-2-18-24-23-16-26(18)9-7-21-19(22-15-17-5-3-12-28-17)20-6-4-8-25-10-13-27-14-11-25;/h3,5,12,16H,2,4,6-11,13-15H2,1H3,(H2,20,21,22);1H. The van der Waals surface area contributed by atoms with Gasteiger partial charge in [-0.3, -0.25) is 4.90 Å². The molecule has 3 rings (SSSR count). The van der Waals surface area contributed by atoms with Crippen molar-refractivity contribution in [3.8, 4) is 0 Å². The highest BCUT2D eigenvalue weighted by Crippen LogP contribution is 2.01. The molecule has 0 spiro atoms. The summed E-state index contributed by atoms with van der Waals surface area (Å²) < 4.78 is 12.8. The molecule has 9 nitrogen and oxygen atoms in total. The van der Waals surface area contributed by atoms with Gasteiger partial charge in [-0.1, -0.05) is 6.92 Å². The van der Waals surface area contributed by atoms with Gasteiger partial charge in [-0.25, -0.2) is 4.99 Å². The molecule has 1 aliphatic rings. The highest BCUT2D eigenvalue weighted by Gasteiger charge is 2.09. The molecule has 3 heterocycles. The number of aliphatic imine (C=N–C) groups is 1. The highest BCUT2D eigenvalue weighted by atomic mass is 127. The monoisotopic (exact) mass is 517 g/mol. The van der Waals surface area contributed by atoms with E-state index in [0.29, 0.717) is 6.54 Å². The van der Waals surface area contributed by atoms with E-state index in [2.05, 4.69) is 42.2 Å². The van der Waals surface area contributed by atoms with Gasteiger partial charge in [0.25, 0.3) is 0 Å². The molecular weight excluding hydrogens is 485 g/mol. The first-order valence-electron chi connectivity index (χ1n) is 10.1. The summed E-state index contributed by atoms with van der Waals surface area (Å²) in [6.07, 6.45) is 5.38. The first-order valence-corrected chi connectivity index (χ1v) is 10.1. The lowest BCUT2D eigenvalue weighted by atomic mass is 10.3. The fraction of sp³-hybridized carbons (Fsp3) is 0.632. The molecule has 2 N–H and O–H groups in total. The number of halogens is 1. The smallest absolute Gasteiger partial charge is 0.191 e. The van der Waals surface area contributed by atoms with Gasteiger partial charge in [-0.05, 0) is 25.1 Å². The third kappa shape index (κ3) is 8.31. The number of ether oxygens (including phenoxy) is 1. The average Bonchev–Trinajstić information content (AvgIpc) is 3.41. The van der Waals surface area contributed by atoms with Crippen LogP contribution in [0.25, 0.3) is 0 Å². The molecule has 2 aromatic rings. The molecule has 0 bridgehead atoms. The summed E-state index contributed by atoms with van der Waals surface area (Å²) in [6.45, 7) is 9.81. The van der Waals surface area contributed by atoms with Crippen molar-refractivity contribution in [1.29, 1.82) is 0 Å². The Labute approximate surface area is 189 Å². The van der Waals surface area contributed by atoms with Crippen LogP contribution in [-0.2, 0) is 24.2 Å². The molecule has 10 heteroatoms. The summed E-state index contributed by atoms with van der Waals surface area (Å²) in [6, 6.07) is 3.82. The number of aryl methyl sites for hydroxylation is 1. The zero-order valence-electron chi connectivity index (χ0n) is 17.0. The lowest BCUT2D eigenvalue weighted by molar-refractivity contribution is 0.0376. The van der Waals surface area contributed by atoms with E-state index in [4.69, 9.17) is 9.15 Å². The molecule has 29 heavy (non-hydrogen) atoms. The third-order valence-corrected chi connectivity index (χ3v) is 4.68. The fourth-order valence-electron chi connectivity index (χ4n) is 3.10. The van der Waals surface area contributed by atoms with Gasteiger partial charge in [-0.2, -0.15) is 0 Å². The minimum absolute atomic E-state index is 0. The Morgan fingerprint density at radius 2 is 2.03 bits per heavy atom. The zero-order valence-corrected chi connectivity index (χ0v) is 19.4. The minimum Gasteiger partial charge on any atom is -0.467 e. The van der Waals surface area contributed by atoms with Gasteiger partial charge in [0.05, 0.1) is 19.5 Å².